The highest BCUT2D eigenvalue weighted by Crippen LogP contribution is 2.48. The summed E-state index contributed by atoms with van der Waals surface area (Å²) in [5.74, 6) is 1.35. The van der Waals surface area contributed by atoms with Crippen molar-refractivity contribution < 1.29 is 27.8 Å². The Morgan fingerprint density at radius 1 is 1.10 bits per heavy atom. The Balaban J connectivity index is 1.37. The van der Waals surface area contributed by atoms with Crippen LogP contribution in [0.5, 0.6) is 5.75 Å². The Kier molecular flexibility index (Phi) is 9.48. The van der Waals surface area contributed by atoms with Crippen molar-refractivity contribution in [2.45, 2.75) is 77.5 Å². The molecule has 0 radical (unpaired) electrons. The van der Waals surface area contributed by atoms with Crippen LogP contribution in [0.1, 0.15) is 69.3 Å². The number of aromatic nitrogens is 4. The van der Waals surface area contributed by atoms with Gasteiger partial charge in [-0.25, -0.2) is 9.97 Å². The van der Waals surface area contributed by atoms with Gasteiger partial charge in [-0.15, -0.1) is 0 Å². The summed E-state index contributed by atoms with van der Waals surface area (Å²) in [5, 5.41) is 19.2. The fraction of sp³-hybridized carbons (Fsp3) is 0.538. The number of H-pyrrole nitrogens is 1. The van der Waals surface area contributed by atoms with E-state index in [0.29, 0.717) is 67.3 Å². The van der Waals surface area contributed by atoms with Crippen molar-refractivity contribution in [1.29, 1.82) is 0 Å². The van der Waals surface area contributed by atoms with Crippen molar-refractivity contribution in [3.63, 3.8) is 0 Å². The number of carbonyl (C=O) groups excluding carboxylic acids is 1. The number of alkyl halides is 3. The molecule has 52 heavy (non-hydrogen) atoms. The number of hydrogen-bond acceptors (Lipinski definition) is 8. The summed E-state index contributed by atoms with van der Waals surface area (Å²) in [7, 11) is 0. The van der Waals surface area contributed by atoms with Gasteiger partial charge in [0.2, 0.25) is 5.91 Å². The maximum Gasteiger partial charge on any atom is 0.422 e. The lowest BCUT2D eigenvalue weighted by molar-refractivity contribution is -0.153. The molecule has 2 aromatic heterocycles. The molecule has 3 aliphatic rings. The SMILES string of the molecule is C=CC(=O)N1CC2(CCN(c3nc(C4CCN(CC(C)(C)O)CC4)nc4c(OCC(F)(F)F)c(-c5c(C)ccc6[nH]ncc56)c(CC)cc34)CC2)C1. The largest absolute Gasteiger partial charge is 0.481 e. The van der Waals surface area contributed by atoms with E-state index in [1.54, 1.807) is 20.0 Å². The summed E-state index contributed by atoms with van der Waals surface area (Å²) in [6.07, 6.45) is 2.27. The zero-order valence-corrected chi connectivity index (χ0v) is 30.4. The molecule has 0 aliphatic carbocycles. The molecule has 0 atom stereocenters. The minimum absolute atomic E-state index is 0.0220. The molecule has 278 valence electrons. The first-order valence-corrected chi connectivity index (χ1v) is 18.3. The molecule has 13 heteroatoms. The van der Waals surface area contributed by atoms with Crippen LogP contribution < -0.4 is 9.64 Å². The summed E-state index contributed by atoms with van der Waals surface area (Å²) < 4.78 is 47.9. The molecule has 0 bridgehead atoms. The predicted molar refractivity (Wildman–Crippen MR) is 196 cm³/mol. The number of anilines is 1. The van der Waals surface area contributed by atoms with Gasteiger partial charge in [-0.1, -0.05) is 19.6 Å². The number of aromatic amines is 1. The average molecular weight is 720 g/mol. The zero-order valence-electron chi connectivity index (χ0n) is 30.4. The quantitative estimate of drug-likeness (QED) is 0.188. The van der Waals surface area contributed by atoms with Gasteiger partial charge in [0.05, 0.1) is 17.3 Å². The number of nitrogens with zero attached hydrogens (tertiary/aromatic N) is 6. The molecular weight excluding hydrogens is 671 g/mol. The number of nitrogens with one attached hydrogen (secondary N) is 1. The van der Waals surface area contributed by atoms with Crippen LogP contribution in [0.15, 0.2) is 37.1 Å². The van der Waals surface area contributed by atoms with Gasteiger partial charge < -0.3 is 24.5 Å². The molecule has 10 nitrogen and oxygen atoms in total. The molecule has 7 rings (SSSR count). The lowest BCUT2D eigenvalue weighted by Gasteiger charge is -2.54. The van der Waals surface area contributed by atoms with Crippen LogP contribution in [0.2, 0.25) is 0 Å². The Labute approximate surface area is 302 Å². The monoisotopic (exact) mass is 719 g/mol. The van der Waals surface area contributed by atoms with Crippen molar-refractivity contribution >= 4 is 33.5 Å². The van der Waals surface area contributed by atoms with E-state index in [4.69, 9.17) is 14.7 Å². The zero-order chi connectivity index (χ0) is 37.0. The number of likely N-dealkylation sites (tertiary alicyclic amines) is 2. The van der Waals surface area contributed by atoms with Crippen LogP contribution in [0, 0.1) is 12.3 Å². The Morgan fingerprint density at radius 2 is 1.81 bits per heavy atom. The number of carbonyl (C=O) groups is 1. The minimum atomic E-state index is -4.57. The smallest absolute Gasteiger partial charge is 0.422 e. The average Bonchev–Trinajstić information content (AvgIpc) is 3.57. The molecule has 0 unspecified atom stereocenters. The summed E-state index contributed by atoms with van der Waals surface area (Å²) in [6.45, 7) is 14.5. The lowest BCUT2D eigenvalue weighted by atomic mass is 9.72. The first kappa shape index (κ1) is 36.1. The number of amides is 1. The Hall–Kier alpha value is -4.23. The number of fused-ring (bicyclic) bond motifs is 2. The van der Waals surface area contributed by atoms with Gasteiger partial charge in [-0.05, 0) is 101 Å². The molecule has 2 aromatic carbocycles. The maximum atomic E-state index is 14.0. The van der Waals surface area contributed by atoms with Gasteiger partial charge in [-0.2, -0.15) is 18.3 Å². The van der Waals surface area contributed by atoms with Gasteiger partial charge in [-0.3, -0.25) is 9.89 Å². The normalized spacial score (nSPS) is 18.7. The number of ether oxygens (including phenoxy) is 1. The third-order valence-corrected chi connectivity index (χ3v) is 11.1. The van der Waals surface area contributed by atoms with Crippen molar-refractivity contribution in [2.24, 2.45) is 5.41 Å². The van der Waals surface area contributed by atoms with Crippen molar-refractivity contribution in [3.8, 4) is 16.9 Å². The molecule has 5 heterocycles. The topological polar surface area (TPSA) is 111 Å². The molecule has 3 fully saturated rings. The minimum Gasteiger partial charge on any atom is -0.481 e. The van der Waals surface area contributed by atoms with Crippen molar-refractivity contribution in [1.82, 2.24) is 30.0 Å². The molecule has 3 saturated heterocycles. The second-order valence-electron chi connectivity index (χ2n) is 15.6. The van der Waals surface area contributed by atoms with E-state index in [1.165, 1.54) is 6.08 Å². The third-order valence-electron chi connectivity index (χ3n) is 11.1. The van der Waals surface area contributed by atoms with Gasteiger partial charge in [0.1, 0.15) is 17.2 Å². The summed E-state index contributed by atoms with van der Waals surface area (Å²) in [4.78, 5) is 28.9. The molecule has 2 N–H and O–H groups in total. The number of β-amino-alcohol motifs (C(OH)–C–C–N with tert-alkyl or cyclic N) is 1. The molecule has 1 amide bonds. The van der Waals surface area contributed by atoms with E-state index in [0.717, 1.165) is 66.4 Å². The number of aliphatic hydroxyl groups is 1. The van der Waals surface area contributed by atoms with E-state index in [1.807, 2.05) is 36.9 Å². The standard InChI is InChI=1S/C39H48F3N7O3/c1-6-25-18-27-33(34(52-23-39(40,41)42)32(25)31-24(3)8-9-29-28(31)19-43-46-29)44-35(26-10-14-47(15-11-26)20-37(4,5)51)45-36(27)48-16-12-38(13-17-48)21-49(22-38)30(50)7-2/h7-9,18-19,26,51H,2,6,10-17,20-23H2,1,3-5H3,(H,43,46). The first-order valence-electron chi connectivity index (χ1n) is 18.3. The van der Waals surface area contributed by atoms with Gasteiger partial charge in [0.25, 0.3) is 0 Å². The highest BCUT2D eigenvalue weighted by atomic mass is 19.4. The fourth-order valence-electron chi connectivity index (χ4n) is 8.47. The predicted octanol–water partition coefficient (Wildman–Crippen LogP) is 6.55. The van der Waals surface area contributed by atoms with E-state index in [2.05, 4.69) is 26.6 Å². The van der Waals surface area contributed by atoms with Crippen molar-refractivity contribution in [2.75, 3.05) is 57.3 Å². The Morgan fingerprint density at radius 3 is 2.44 bits per heavy atom. The third kappa shape index (κ3) is 7.09. The Bertz CT molecular complexity index is 1980. The van der Waals surface area contributed by atoms with E-state index < -0.39 is 18.4 Å². The van der Waals surface area contributed by atoms with E-state index >= 15 is 0 Å². The second kappa shape index (κ2) is 13.6. The highest BCUT2D eigenvalue weighted by molar-refractivity contribution is 6.05. The molecule has 0 saturated carbocycles. The second-order valence-corrected chi connectivity index (χ2v) is 15.6. The van der Waals surface area contributed by atoms with Crippen molar-refractivity contribution in [3.05, 3.63) is 54.0 Å². The summed E-state index contributed by atoms with van der Waals surface area (Å²) >= 11 is 0. The van der Waals surface area contributed by atoms with Gasteiger partial charge >= 0.3 is 6.18 Å². The number of aryl methyl sites for hydroxylation is 2. The van der Waals surface area contributed by atoms with Crippen LogP contribution in [-0.2, 0) is 11.2 Å². The van der Waals surface area contributed by atoms with E-state index in [-0.39, 0.29) is 23.0 Å². The number of halogens is 3. The van der Waals surface area contributed by atoms with Crippen LogP contribution >= 0.6 is 0 Å². The first-order chi connectivity index (χ1) is 24.7. The van der Waals surface area contributed by atoms with Crippen LogP contribution in [-0.4, -0.2) is 105 Å². The molecule has 4 aromatic rings. The lowest BCUT2D eigenvalue weighted by Crippen LogP contribution is -2.61. The number of benzene rings is 2. The number of rotatable bonds is 9. The van der Waals surface area contributed by atoms with E-state index in [9.17, 15) is 23.1 Å². The molecule has 3 aliphatic heterocycles. The van der Waals surface area contributed by atoms with Crippen LogP contribution in [0.3, 0.4) is 0 Å². The van der Waals surface area contributed by atoms with Gasteiger partial charge in [0.15, 0.2) is 12.4 Å². The molecular formula is C39H48F3N7O3. The maximum absolute atomic E-state index is 14.0. The number of piperidine rings is 2. The molecule has 1 spiro atoms. The number of hydrogen-bond donors (Lipinski definition) is 2. The fourth-order valence-corrected chi connectivity index (χ4v) is 8.47. The summed E-state index contributed by atoms with van der Waals surface area (Å²) in [6, 6.07) is 5.91. The highest BCUT2D eigenvalue weighted by Gasteiger charge is 2.46. The van der Waals surface area contributed by atoms with Crippen LogP contribution in [0.25, 0.3) is 32.9 Å². The van der Waals surface area contributed by atoms with Gasteiger partial charge in [0, 0.05) is 60.4 Å². The summed E-state index contributed by atoms with van der Waals surface area (Å²) in [5.41, 5.74) is 3.46. The van der Waals surface area contributed by atoms with Crippen LogP contribution in [0.4, 0.5) is 19.0 Å².